The molecule has 1 saturated heterocycles. The zero-order valence-electron chi connectivity index (χ0n) is 11.0. The minimum Gasteiger partial charge on any atom is -0.381 e. The molecule has 1 atom stereocenters. The smallest absolute Gasteiger partial charge is 0.253 e. The Morgan fingerprint density at radius 1 is 1.44 bits per heavy atom. The first-order valence-corrected chi connectivity index (χ1v) is 6.38. The molecule has 1 unspecified atom stereocenters. The quantitative estimate of drug-likeness (QED) is 0.801. The van der Waals surface area contributed by atoms with Gasteiger partial charge in [-0.2, -0.15) is 0 Å². The molecule has 1 aliphatic rings. The number of rotatable bonds is 3. The fourth-order valence-electron chi connectivity index (χ4n) is 2.39. The van der Waals surface area contributed by atoms with Gasteiger partial charge in [-0.25, -0.2) is 0 Å². The van der Waals surface area contributed by atoms with Crippen LogP contribution in [0.15, 0.2) is 0 Å². The van der Waals surface area contributed by atoms with Gasteiger partial charge in [-0.15, -0.1) is 0 Å². The van der Waals surface area contributed by atoms with Crippen LogP contribution in [-0.2, 0) is 4.79 Å². The van der Waals surface area contributed by atoms with Crippen LogP contribution in [0.3, 0.4) is 0 Å². The molecule has 0 bridgehead atoms. The zero-order chi connectivity index (χ0) is 12.3. The lowest BCUT2D eigenvalue weighted by molar-refractivity contribution is -0.149. The van der Waals surface area contributed by atoms with Crippen molar-refractivity contribution in [2.45, 2.75) is 52.6 Å². The van der Waals surface area contributed by atoms with Gasteiger partial charge in [-0.1, -0.05) is 20.3 Å². The van der Waals surface area contributed by atoms with E-state index >= 15 is 0 Å². The Bertz CT molecular complexity index is 237. The van der Waals surface area contributed by atoms with E-state index in [2.05, 4.69) is 13.8 Å². The van der Waals surface area contributed by atoms with Crippen molar-refractivity contribution in [3.05, 3.63) is 0 Å². The molecular weight excluding hydrogens is 202 g/mol. The van der Waals surface area contributed by atoms with Crippen LogP contribution in [0.1, 0.15) is 47.0 Å². The Labute approximate surface area is 98.8 Å². The third kappa shape index (κ3) is 3.21. The van der Waals surface area contributed by atoms with Crippen LogP contribution in [0.5, 0.6) is 0 Å². The van der Waals surface area contributed by atoms with E-state index in [1.54, 1.807) is 18.7 Å². The molecule has 1 heterocycles. The van der Waals surface area contributed by atoms with E-state index in [0.29, 0.717) is 0 Å². The van der Waals surface area contributed by atoms with Crippen molar-refractivity contribution in [2.75, 3.05) is 13.1 Å². The van der Waals surface area contributed by atoms with Crippen molar-refractivity contribution in [1.29, 1.82) is 0 Å². The average Bonchev–Trinajstić information content (AvgIpc) is 2.26. The minimum atomic E-state index is -1.22. The second kappa shape index (κ2) is 5.17. The number of carbonyl (C=O) groups excluding carboxylic acids is 1. The van der Waals surface area contributed by atoms with Gasteiger partial charge in [0.25, 0.3) is 5.91 Å². The summed E-state index contributed by atoms with van der Waals surface area (Å²) in [5.41, 5.74) is -1.22. The number of hydrogen-bond donors (Lipinski definition) is 1. The van der Waals surface area contributed by atoms with E-state index in [4.69, 9.17) is 0 Å². The first-order chi connectivity index (χ1) is 7.36. The molecule has 1 N–H and O–H groups in total. The monoisotopic (exact) mass is 227 g/mol. The third-order valence-electron chi connectivity index (χ3n) is 3.80. The average molecular weight is 227 g/mol. The lowest BCUT2D eigenvalue weighted by Gasteiger charge is -2.37. The Kier molecular flexibility index (Phi) is 4.36. The SMILES string of the molecule is CCC(C)C1CCN(C(=O)C(C)(C)O)CC1. The van der Waals surface area contributed by atoms with Crippen molar-refractivity contribution in [1.82, 2.24) is 4.90 Å². The van der Waals surface area contributed by atoms with E-state index in [9.17, 15) is 9.90 Å². The number of carbonyl (C=O) groups is 1. The van der Waals surface area contributed by atoms with Gasteiger partial charge in [-0.05, 0) is 38.5 Å². The summed E-state index contributed by atoms with van der Waals surface area (Å²) in [6, 6.07) is 0. The summed E-state index contributed by atoms with van der Waals surface area (Å²) in [5, 5.41) is 9.67. The van der Waals surface area contributed by atoms with Gasteiger partial charge in [0, 0.05) is 13.1 Å². The zero-order valence-corrected chi connectivity index (χ0v) is 11.0. The number of likely N-dealkylation sites (tertiary alicyclic amines) is 1. The number of piperidine rings is 1. The van der Waals surface area contributed by atoms with Crippen LogP contribution in [0.25, 0.3) is 0 Å². The fraction of sp³-hybridized carbons (Fsp3) is 0.923. The Hall–Kier alpha value is -0.570. The number of nitrogens with zero attached hydrogens (tertiary/aromatic N) is 1. The van der Waals surface area contributed by atoms with Crippen molar-refractivity contribution in [2.24, 2.45) is 11.8 Å². The van der Waals surface area contributed by atoms with E-state index in [0.717, 1.165) is 37.8 Å². The molecule has 16 heavy (non-hydrogen) atoms. The molecule has 1 rings (SSSR count). The first-order valence-electron chi connectivity index (χ1n) is 6.38. The van der Waals surface area contributed by atoms with Crippen LogP contribution in [0, 0.1) is 11.8 Å². The molecule has 0 aromatic rings. The lowest BCUT2D eigenvalue weighted by Crippen LogP contribution is -2.48. The topological polar surface area (TPSA) is 40.5 Å². The molecule has 0 radical (unpaired) electrons. The second-order valence-corrected chi connectivity index (χ2v) is 5.57. The van der Waals surface area contributed by atoms with Crippen molar-refractivity contribution >= 4 is 5.91 Å². The minimum absolute atomic E-state index is 0.130. The maximum Gasteiger partial charge on any atom is 0.253 e. The van der Waals surface area contributed by atoms with Gasteiger partial charge in [0.05, 0.1) is 0 Å². The van der Waals surface area contributed by atoms with Crippen LogP contribution in [-0.4, -0.2) is 34.6 Å². The highest BCUT2D eigenvalue weighted by molar-refractivity contribution is 5.84. The highest BCUT2D eigenvalue weighted by Gasteiger charge is 2.32. The summed E-state index contributed by atoms with van der Waals surface area (Å²) < 4.78 is 0. The number of amides is 1. The number of hydrogen-bond acceptors (Lipinski definition) is 2. The first kappa shape index (κ1) is 13.5. The summed E-state index contributed by atoms with van der Waals surface area (Å²) in [6.07, 6.45) is 3.37. The molecule has 0 spiro atoms. The summed E-state index contributed by atoms with van der Waals surface area (Å²) in [6.45, 7) is 9.25. The summed E-state index contributed by atoms with van der Waals surface area (Å²) >= 11 is 0. The van der Waals surface area contributed by atoms with Gasteiger partial charge in [0.15, 0.2) is 0 Å². The van der Waals surface area contributed by atoms with Gasteiger partial charge in [0.2, 0.25) is 0 Å². The summed E-state index contributed by atoms with van der Waals surface area (Å²) in [4.78, 5) is 13.6. The Balaban J connectivity index is 2.46. The molecule has 3 nitrogen and oxygen atoms in total. The van der Waals surface area contributed by atoms with Gasteiger partial charge >= 0.3 is 0 Å². The third-order valence-corrected chi connectivity index (χ3v) is 3.80. The summed E-state index contributed by atoms with van der Waals surface area (Å²) in [7, 11) is 0. The van der Waals surface area contributed by atoms with E-state index in [-0.39, 0.29) is 5.91 Å². The van der Waals surface area contributed by atoms with Gasteiger partial charge in [-0.3, -0.25) is 4.79 Å². The van der Waals surface area contributed by atoms with Crippen LogP contribution in [0.2, 0.25) is 0 Å². The highest BCUT2D eigenvalue weighted by atomic mass is 16.3. The predicted octanol–water partition coefficient (Wildman–Crippen LogP) is 2.04. The molecule has 1 fully saturated rings. The molecule has 0 aromatic heterocycles. The second-order valence-electron chi connectivity index (χ2n) is 5.57. The fourth-order valence-corrected chi connectivity index (χ4v) is 2.39. The van der Waals surface area contributed by atoms with E-state index in [1.807, 2.05) is 0 Å². The van der Waals surface area contributed by atoms with Crippen LogP contribution >= 0.6 is 0 Å². The standard InChI is InChI=1S/C13H25NO2/c1-5-10(2)11-6-8-14(9-7-11)12(15)13(3,4)16/h10-11,16H,5-9H2,1-4H3. The lowest BCUT2D eigenvalue weighted by atomic mass is 9.84. The molecular formula is C13H25NO2. The molecule has 94 valence electrons. The normalized spacial score (nSPS) is 20.9. The van der Waals surface area contributed by atoms with E-state index < -0.39 is 5.60 Å². The van der Waals surface area contributed by atoms with Crippen molar-refractivity contribution in [3.63, 3.8) is 0 Å². The predicted molar refractivity (Wildman–Crippen MR) is 65.1 cm³/mol. The molecule has 0 aliphatic carbocycles. The Morgan fingerprint density at radius 2 is 1.94 bits per heavy atom. The van der Waals surface area contributed by atoms with Crippen LogP contribution in [0.4, 0.5) is 0 Å². The molecule has 1 aliphatic heterocycles. The van der Waals surface area contributed by atoms with Gasteiger partial charge in [0.1, 0.15) is 5.60 Å². The largest absolute Gasteiger partial charge is 0.381 e. The summed E-state index contributed by atoms with van der Waals surface area (Å²) in [5.74, 6) is 1.37. The molecule has 1 amide bonds. The Morgan fingerprint density at radius 3 is 2.31 bits per heavy atom. The maximum atomic E-state index is 11.8. The number of aliphatic hydroxyl groups is 1. The molecule has 0 aromatic carbocycles. The van der Waals surface area contributed by atoms with E-state index in [1.165, 1.54) is 6.42 Å². The van der Waals surface area contributed by atoms with Crippen LogP contribution < -0.4 is 0 Å². The highest BCUT2D eigenvalue weighted by Crippen LogP contribution is 2.27. The molecule has 0 saturated carbocycles. The molecule has 3 heteroatoms. The van der Waals surface area contributed by atoms with Gasteiger partial charge < -0.3 is 10.0 Å². The van der Waals surface area contributed by atoms with Crippen molar-refractivity contribution in [3.8, 4) is 0 Å². The van der Waals surface area contributed by atoms with Crippen molar-refractivity contribution < 1.29 is 9.90 Å². The maximum absolute atomic E-state index is 11.8.